The molecular weight excluding hydrogens is 285 g/mol. The maximum absolute atomic E-state index is 14.4. The number of hydrogen-bond acceptors (Lipinski definition) is 2. The van der Waals surface area contributed by atoms with E-state index in [1.165, 1.54) is 6.07 Å². The van der Waals surface area contributed by atoms with Crippen LogP contribution in [0.15, 0.2) is 42.5 Å². The summed E-state index contributed by atoms with van der Waals surface area (Å²) >= 11 is 0. The van der Waals surface area contributed by atoms with E-state index >= 15 is 0 Å². The van der Waals surface area contributed by atoms with Crippen molar-refractivity contribution in [3.8, 4) is 11.1 Å². The van der Waals surface area contributed by atoms with Crippen LogP contribution < -0.4 is 5.32 Å². The lowest BCUT2D eigenvalue weighted by Crippen LogP contribution is -2.19. The van der Waals surface area contributed by atoms with E-state index in [-0.39, 0.29) is 24.3 Å². The van der Waals surface area contributed by atoms with Gasteiger partial charge < -0.3 is 10.4 Å². The van der Waals surface area contributed by atoms with Crippen LogP contribution in [0.4, 0.5) is 4.39 Å². The highest BCUT2D eigenvalue weighted by Crippen LogP contribution is 2.25. The van der Waals surface area contributed by atoms with E-state index in [9.17, 15) is 14.0 Å². The van der Waals surface area contributed by atoms with Crippen LogP contribution in [0.25, 0.3) is 11.1 Å². The van der Waals surface area contributed by atoms with Gasteiger partial charge in [-0.15, -0.1) is 0 Å². The molecule has 2 aromatic rings. The first kappa shape index (κ1) is 15.7. The predicted molar refractivity (Wildman–Crippen MR) is 80.9 cm³/mol. The molecule has 0 saturated carbocycles. The van der Waals surface area contributed by atoms with Crippen molar-refractivity contribution in [2.75, 3.05) is 7.05 Å². The van der Waals surface area contributed by atoms with E-state index in [0.717, 1.165) is 5.56 Å². The van der Waals surface area contributed by atoms with Crippen molar-refractivity contribution in [3.05, 3.63) is 59.4 Å². The second kappa shape index (κ2) is 6.85. The summed E-state index contributed by atoms with van der Waals surface area (Å²) in [4.78, 5) is 22.1. The molecule has 0 radical (unpaired) electrons. The standard InChI is InChI=1S/C17H16FNO3/c1-19-15(20)9-11-5-7-12(8-6-11)14-4-2-3-13(17(14)18)10-16(21)22/h2-8H,9-10H2,1H3,(H,19,20)(H,21,22). The molecule has 0 atom stereocenters. The van der Waals surface area contributed by atoms with Crippen LogP contribution in [0.1, 0.15) is 11.1 Å². The van der Waals surface area contributed by atoms with Crippen molar-refractivity contribution in [3.63, 3.8) is 0 Å². The second-order valence-electron chi connectivity index (χ2n) is 4.90. The SMILES string of the molecule is CNC(=O)Cc1ccc(-c2cccc(CC(=O)O)c2F)cc1. The first-order valence-corrected chi connectivity index (χ1v) is 6.80. The number of rotatable bonds is 5. The molecule has 114 valence electrons. The molecule has 1 amide bonds. The van der Waals surface area contributed by atoms with E-state index in [2.05, 4.69) is 5.32 Å². The Bertz CT molecular complexity index is 696. The van der Waals surface area contributed by atoms with Crippen molar-refractivity contribution in [2.24, 2.45) is 0 Å². The van der Waals surface area contributed by atoms with Crippen molar-refractivity contribution in [1.29, 1.82) is 0 Å². The number of nitrogens with one attached hydrogen (secondary N) is 1. The number of likely N-dealkylation sites (N-methyl/N-ethyl adjacent to an activating group) is 1. The Hall–Kier alpha value is -2.69. The smallest absolute Gasteiger partial charge is 0.307 e. The molecule has 4 nitrogen and oxygen atoms in total. The van der Waals surface area contributed by atoms with Gasteiger partial charge in [0.25, 0.3) is 0 Å². The van der Waals surface area contributed by atoms with E-state index in [0.29, 0.717) is 11.1 Å². The predicted octanol–water partition coefficient (Wildman–Crippen LogP) is 2.41. The number of benzene rings is 2. The van der Waals surface area contributed by atoms with Crippen molar-refractivity contribution in [1.82, 2.24) is 5.32 Å². The number of amides is 1. The molecule has 2 N–H and O–H groups in total. The quantitative estimate of drug-likeness (QED) is 0.891. The third kappa shape index (κ3) is 3.69. The van der Waals surface area contributed by atoms with E-state index in [4.69, 9.17) is 5.11 Å². The van der Waals surface area contributed by atoms with Crippen LogP contribution in [0.2, 0.25) is 0 Å². The van der Waals surface area contributed by atoms with Gasteiger partial charge in [0.1, 0.15) is 5.82 Å². The minimum atomic E-state index is -1.07. The average Bonchev–Trinajstić information content (AvgIpc) is 2.50. The largest absolute Gasteiger partial charge is 0.481 e. The molecule has 2 rings (SSSR count). The number of carbonyl (C=O) groups excluding carboxylic acids is 1. The van der Waals surface area contributed by atoms with Gasteiger partial charge >= 0.3 is 5.97 Å². The molecular formula is C17H16FNO3. The molecule has 0 unspecified atom stereocenters. The molecule has 0 saturated heterocycles. The Morgan fingerprint density at radius 3 is 2.36 bits per heavy atom. The van der Waals surface area contributed by atoms with Crippen molar-refractivity contribution in [2.45, 2.75) is 12.8 Å². The minimum Gasteiger partial charge on any atom is -0.481 e. The molecule has 0 heterocycles. The summed E-state index contributed by atoms with van der Waals surface area (Å²) in [5, 5.41) is 11.3. The maximum Gasteiger partial charge on any atom is 0.307 e. The van der Waals surface area contributed by atoms with Gasteiger partial charge in [0.2, 0.25) is 5.91 Å². The molecule has 0 fully saturated rings. The summed E-state index contributed by atoms with van der Waals surface area (Å²) in [6.45, 7) is 0. The fourth-order valence-electron chi connectivity index (χ4n) is 2.18. The van der Waals surface area contributed by atoms with Crippen LogP contribution >= 0.6 is 0 Å². The molecule has 0 aliphatic heterocycles. The van der Waals surface area contributed by atoms with Gasteiger partial charge in [-0.05, 0) is 16.7 Å². The highest BCUT2D eigenvalue weighted by molar-refractivity contribution is 5.78. The molecule has 0 spiro atoms. The van der Waals surface area contributed by atoms with Gasteiger partial charge in [0, 0.05) is 12.6 Å². The van der Waals surface area contributed by atoms with Crippen molar-refractivity contribution >= 4 is 11.9 Å². The van der Waals surface area contributed by atoms with Crippen LogP contribution in [-0.4, -0.2) is 24.0 Å². The number of carbonyl (C=O) groups is 2. The summed E-state index contributed by atoms with van der Waals surface area (Å²) in [6, 6.07) is 11.7. The van der Waals surface area contributed by atoms with Gasteiger partial charge in [-0.3, -0.25) is 9.59 Å². The summed E-state index contributed by atoms with van der Waals surface area (Å²) in [5.74, 6) is -1.69. The number of carboxylic acid groups (broad SMARTS) is 1. The van der Waals surface area contributed by atoms with Gasteiger partial charge in [0.05, 0.1) is 12.8 Å². The number of hydrogen-bond donors (Lipinski definition) is 2. The highest BCUT2D eigenvalue weighted by atomic mass is 19.1. The lowest BCUT2D eigenvalue weighted by Gasteiger charge is -2.08. The van der Waals surface area contributed by atoms with Crippen molar-refractivity contribution < 1.29 is 19.1 Å². The number of aliphatic carboxylic acids is 1. The Morgan fingerprint density at radius 2 is 1.77 bits per heavy atom. The van der Waals surface area contributed by atoms with E-state index < -0.39 is 11.8 Å². The molecule has 0 aliphatic rings. The van der Waals surface area contributed by atoms with E-state index in [1.54, 1.807) is 43.4 Å². The summed E-state index contributed by atoms with van der Waals surface area (Å²) in [7, 11) is 1.57. The van der Waals surface area contributed by atoms with Crippen LogP contribution in [0, 0.1) is 5.82 Å². The Labute approximate surface area is 127 Å². The Balaban J connectivity index is 2.28. The van der Waals surface area contributed by atoms with Gasteiger partial charge in [-0.2, -0.15) is 0 Å². The minimum absolute atomic E-state index is 0.0950. The normalized spacial score (nSPS) is 10.3. The summed E-state index contributed by atoms with van der Waals surface area (Å²) in [5.41, 5.74) is 1.97. The first-order valence-electron chi connectivity index (χ1n) is 6.80. The third-order valence-electron chi connectivity index (χ3n) is 3.33. The monoisotopic (exact) mass is 301 g/mol. The average molecular weight is 301 g/mol. The Morgan fingerprint density at radius 1 is 1.09 bits per heavy atom. The van der Waals surface area contributed by atoms with Gasteiger partial charge in [0.15, 0.2) is 0 Å². The molecule has 22 heavy (non-hydrogen) atoms. The fraction of sp³-hybridized carbons (Fsp3) is 0.176. The fourth-order valence-corrected chi connectivity index (χ4v) is 2.18. The zero-order valence-corrected chi connectivity index (χ0v) is 12.1. The summed E-state index contributed by atoms with van der Waals surface area (Å²) < 4.78 is 14.4. The lowest BCUT2D eigenvalue weighted by molar-refractivity contribution is -0.136. The topological polar surface area (TPSA) is 66.4 Å². The molecule has 2 aromatic carbocycles. The lowest BCUT2D eigenvalue weighted by atomic mass is 9.99. The molecule has 0 bridgehead atoms. The first-order chi connectivity index (χ1) is 10.5. The number of carboxylic acids is 1. The van der Waals surface area contributed by atoms with Gasteiger partial charge in [-0.25, -0.2) is 4.39 Å². The second-order valence-corrected chi connectivity index (χ2v) is 4.90. The Kier molecular flexibility index (Phi) is 4.88. The summed E-state index contributed by atoms with van der Waals surface area (Å²) in [6.07, 6.45) is -0.0905. The third-order valence-corrected chi connectivity index (χ3v) is 3.33. The van der Waals surface area contributed by atoms with Crippen LogP contribution in [0.5, 0.6) is 0 Å². The zero-order chi connectivity index (χ0) is 16.1. The number of halogens is 1. The maximum atomic E-state index is 14.4. The van der Waals surface area contributed by atoms with Crippen LogP contribution in [0.3, 0.4) is 0 Å². The van der Waals surface area contributed by atoms with E-state index in [1.807, 2.05) is 0 Å². The van der Waals surface area contributed by atoms with Crippen LogP contribution in [-0.2, 0) is 22.4 Å². The molecule has 5 heteroatoms. The molecule has 0 aliphatic carbocycles. The zero-order valence-electron chi connectivity index (χ0n) is 12.1. The molecule has 0 aromatic heterocycles. The highest BCUT2D eigenvalue weighted by Gasteiger charge is 2.12. The van der Waals surface area contributed by atoms with Gasteiger partial charge in [-0.1, -0.05) is 42.5 Å².